The molecule has 1 aliphatic rings. The molecule has 0 spiro atoms. The van der Waals surface area contributed by atoms with Gasteiger partial charge in [-0.1, -0.05) is 19.3 Å². The highest BCUT2D eigenvalue weighted by Gasteiger charge is 2.23. The Hall–Kier alpha value is -0.570. The second kappa shape index (κ2) is 6.02. The summed E-state index contributed by atoms with van der Waals surface area (Å²) in [5.41, 5.74) is 5.71. The minimum Gasteiger partial charge on any atom is -0.481 e. The Morgan fingerprint density at radius 3 is 2.50 bits per heavy atom. The Labute approximate surface area is 85.7 Å². The molecule has 0 bridgehead atoms. The second-order valence-corrected chi connectivity index (χ2v) is 4.33. The Balaban J connectivity index is 2.22. The van der Waals surface area contributed by atoms with E-state index in [4.69, 9.17) is 10.8 Å². The van der Waals surface area contributed by atoms with Gasteiger partial charge >= 0.3 is 5.97 Å². The van der Waals surface area contributed by atoms with Crippen molar-refractivity contribution in [2.75, 3.05) is 6.54 Å². The van der Waals surface area contributed by atoms with Gasteiger partial charge < -0.3 is 10.8 Å². The maximum absolute atomic E-state index is 10.4. The Morgan fingerprint density at radius 2 is 1.93 bits per heavy atom. The molecule has 3 heteroatoms. The van der Waals surface area contributed by atoms with Gasteiger partial charge in [0.1, 0.15) is 0 Å². The Kier molecular flexibility index (Phi) is 4.94. The Morgan fingerprint density at radius 1 is 1.29 bits per heavy atom. The molecule has 1 rings (SSSR count). The van der Waals surface area contributed by atoms with Crippen LogP contribution < -0.4 is 5.73 Å². The Bertz CT molecular complexity index is 182. The van der Waals surface area contributed by atoms with Gasteiger partial charge in [0, 0.05) is 6.42 Å². The monoisotopic (exact) mass is 199 g/mol. The van der Waals surface area contributed by atoms with Crippen LogP contribution in [0.2, 0.25) is 0 Å². The number of hydrogen-bond acceptors (Lipinski definition) is 2. The number of carbonyl (C=O) groups is 1. The largest absolute Gasteiger partial charge is 0.481 e. The summed E-state index contributed by atoms with van der Waals surface area (Å²) in [6.07, 6.45) is 7.28. The fourth-order valence-electron chi connectivity index (χ4n) is 2.49. The number of carboxylic acid groups (broad SMARTS) is 1. The fourth-order valence-corrected chi connectivity index (χ4v) is 2.49. The van der Waals surface area contributed by atoms with E-state index in [1.54, 1.807) is 0 Å². The van der Waals surface area contributed by atoms with E-state index in [2.05, 4.69) is 0 Å². The van der Waals surface area contributed by atoms with Gasteiger partial charge in [-0.25, -0.2) is 0 Å². The van der Waals surface area contributed by atoms with Gasteiger partial charge in [0.2, 0.25) is 0 Å². The van der Waals surface area contributed by atoms with Crippen LogP contribution in [0.25, 0.3) is 0 Å². The highest BCUT2D eigenvalue weighted by molar-refractivity contribution is 5.66. The molecule has 0 aromatic carbocycles. The lowest BCUT2D eigenvalue weighted by Gasteiger charge is -2.30. The normalized spacial score (nSPS) is 27.5. The van der Waals surface area contributed by atoms with Crippen molar-refractivity contribution in [1.82, 2.24) is 0 Å². The molecule has 1 fully saturated rings. The van der Waals surface area contributed by atoms with Crippen LogP contribution in [0.3, 0.4) is 0 Å². The fraction of sp³-hybridized carbons (Fsp3) is 0.909. The summed E-state index contributed by atoms with van der Waals surface area (Å²) >= 11 is 0. The van der Waals surface area contributed by atoms with Gasteiger partial charge in [0.15, 0.2) is 0 Å². The van der Waals surface area contributed by atoms with Crippen LogP contribution in [0.15, 0.2) is 0 Å². The topological polar surface area (TPSA) is 63.3 Å². The molecular formula is C11H21NO2. The minimum atomic E-state index is -0.676. The van der Waals surface area contributed by atoms with Crippen molar-refractivity contribution in [2.24, 2.45) is 17.6 Å². The lowest BCUT2D eigenvalue weighted by molar-refractivity contribution is -0.137. The van der Waals surface area contributed by atoms with Crippen LogP contribution in [-0.2, 0) is 4.79 Å². The predicted molar refractivity (Wildman–Crippen MR) is 56.0 cm³/mol. The molecule has 0 aromatic heterocycles. The summed E-state index contributed by atoms with van der Waals surface area (Å²) in [7, 11) is 0. The first kappa shape index (κ1) is 11.5. The third kappa shape index (κ3) is 3.66. The van der Waals surface area contributed by atoms with Crippen molar-refractivity contribution in [2.45, 2.75) is 44.9 Å². The standard InChI is InChI=1S/C11H21NO2/c12-8-10-5-2-1-4-9(10)6-3-7-11(13)14/h9-10H,1-8,12H2,(H,13,14). The summed E-state index contributed by atoms with van der Waals surface area (Å²) in [5, 5.41) is 8.54. The summed E-state index contributed by atoms with van der Waals surface area (Å²) in [4.78, 5) is 10.4. The van der Waals surface area contributed by atoms with Crippen LogP contribution >= 0.6 is 0 Å². The van der Waals surface area contributed by atoms with Gasteiger partial charge in [0.05, 0.1) is 0 Å². The maximum Gasteiger partial charge on any atom is 0.303 e. The van der Waals surface area contributed by atoms with E-state index in [0.717, 1.165) is 19.4 Å². The van der Waals surface area contributed by atoms with E-state index in [1.807, 2.05) is 0 Å². The first-order valence-electron chi connectivity index (χ1n) is 5.66. The van der Waals surface area contributed by atoms with Crippen LogP contribution in [0.4, 0.5) is 0 Å². The highest BCUT2D eigenvalue weighted by Crippen LogP contribution is 2.32. The lowest BCUT2D eigenvalue weighted by Crippen LogP contribution is -2.26. The molecule has 2 atom stereocenters. The lowest BCUT2D eigenvalue weighted by atomic mass is 9.77. The number of carboxylic acids is 1. The molecule has 1 saturated carbocycles. The van der Waals surface area contributed by atoms with Crippen molar-refractivity contribution in [3.8, 4) is 0 Å². The van der Waals surface area contributed by atoms with E-state index < -0.39 is 5.97 Å². The molecule has 14 heavy (non-hydrogen) atoms. The van der Waals surface area contributed by atoms with Gasteiger partial charge in [-0.05, 0) is 37.6 Å². The summed E-state index contributed by atoms with van der Waals surface area (Å²) in [5.74, 6) is 0.663. The molecule has 0 aromatic rings. The molecule has 3 nitrogen and oxygen atoms in total. The van der Waals surface area contributed by atoms with E-state index >= 15 is 0 Å². The summed E-state index contributed by atoms with van der Waals surface area (Å²) < 4.78 is 0. The van der Waals surface area contributed by atoms with Crippen molar-refractivity contribution in [3.63, 3.8) is 0 Å². The third-order valence-corrected chi connectivity index (χ3v) is 3.33. The quantitative estimate of drug-likeness (QED) is 0.712. The molecule has 0 amide bonds. The number of nitrogens with two attached hydrogens (primary N) is 1. The van der Waals surface area contributed by atoms with Crippen LogP contribution in [0, 0.1) is 11.8 Å². The average molecular weight is 199 g/mol. The summed E-state index contributed by atoms with van der Waals surface area (Å²) in [6.45, 7) is 0.776. The number of hydrogen-bond donors (Lipinski definition) is 2. The first-order chi connectivity index (χ1) is 6.74. The van der Waals surface area contributed by atoms with Crippen molar-refractivity contribution < 1.29 is 9.90 Å². The third-order valence-electron chi connectivity index (χ3n) is 3.33. The van der Waals surface area contributed by atoms with Crippen LogP contribution in [-0.4, -0.2) is 17.6 Å². The molecule has 1 aliphatic carbocycles. The van der Waals surface area contributed by atoms with E-state index in [1.165, 1.54) is 25.7 Å². The molecular weight excluding hydrogens is 178 g/mol. The van der Waals surface area contributed by atoms with Gasteiger partial charge in [-0.15, -0.1) is 0 Å². The molecule has 0 saturated heterocycles. The van der Waals surface area contributed by atoms with Crippen molar-refractivity contribution in [1.29, 1.82) is 0 Å². The number of aliphatic carboxylic acids is 1. The minimum absolute atomic E-state index is 0.313. The predicted octanol–water partition coefficient (Wildman–Crippen LogP) is 2.01. The molecule has 3 N–H and O–H groups in total. The first-order valence-corrected chi connectivity index (χ1v) is 5.66. The van der Waals surface area contributed by atoms with E-state index in [0.29, 0.717) is 18.3 Å². The van der Waals surface area contributed by atoms with Crippen molar-refractivity contribution in [3.05, 3.63) is 0 Å². The van der Waals surface area contributed by atoms with Crippen LogP contribution in [0.1, 0.15) is 44.9 Å². The SMILES string of the molecule is NCC1CCCCC1CCCC(=O)O. The van der Waals surface area contributed by atoms with E-state index in [9.17, 15) is 4.79 Å². The zero-order valence-electron chi connectivity index (χ0n) is 8.74. The van der Waals surface area contributed by atoms with Crippen LogP contribution in [0.5, 0.6) is 0 Å². The molecule has 0 heterocycles. The van der Waals surface area contributed by atoms with Gasteiger partial charge in [-0.3, -0.25) is 4.79 Å². The second-order valence-electron chi connectivity index (χ2n) is 4.33. The molecule has 2 unspecified atom stereocenters. The maximum atomic E-state index is 10.4. The smallest absolute Gasteiger partial charge is 0.303 e. The molecule has 82 valence electrons. The summed E-state index contributed by atoms with van der Waals surface area (Å²) in [6, 6.07) is 0. The van der Waals surface area contributed by atoms with Crippen molar-refractivity contribution >= 4 is 5.97 Å². The van der Waals surface area contributed by atoms with Gasteiger partial charge in [-0.2, -0.15) is 0 Å². The zero-order valence-corrected chi connectivity index (χ0v) is 8.74. The van der Waals surface area contributed by atoms with E-state index in [-0.39, 0.29) is 0 Å². The zero-order chi connectivity index (χ0) is 10.4. The average Bonchev–Trinajstić information content (AvgIpc) is 2.18. The highest BCUT2D eigenvalue weighted by atomic mass is 16.4. The van der Waals surface area contributed by atoms with Gasteiger partial charge in [0.25, 0.3) is 0 Å². The molecule has 0 aliphatic heterocycles. The molecule has 0 radical (unpaired) electrons. The number of rotatable bonds is 5.